The smallest absolute Gasteiger partial charge is 0.209 e. The summed E-state index contributed by atoms with van der Waals surface area (Å²) >= 11 is 0. The number of nitrogens with one attached hydrogen (secondary N) is 1. The van der Waals surface area contributed by atoms with Gasteiger partial charge in [0.15, 0.2) is 11.6 Å². The van der Waals surface area contributed by atoms with Gasteiger partial charge >= 0.3 is 0 Å². The van der Waals surface area contributed by atoms with E-state index in [1.807, 2.05) is 0 Å². The van der Waals surface area contributed by atoms with Crippen molar-refractivity contribution in [2.24, 2.45) is 0 Å². The molecule has 0 saturated carbocycles. The van der Waals surface area contributed by atoms with E-state index in [4.69, 9.17) is 0 Å². The van der Waals surface area contributed by atoms with Crippen LogP contribution in [0.4, 0.5) is 10.2 Å². The fourth-order valence-electron chi connectivity index (χ4n) is 2.11. The average Bonchev–Trinajstić information content (AvgIpc) is 2.27. The lowest BCUT2D eigenvalue weighted by molar-refractivity contribution is 0.459. The van der Waals surface area contributed by atoms with E-state index in [9.17, 15) is 12.8 Å². The lowest BCUT2D eigenvalue weighted by atomic mass is 10.1. The maximum atomic E-state index is 13.5. The van der Waals surface area contributed by atoms with Gasteiger partial charge in [0, 0.05) is 19.1 Å². The molecule has 8 heteroatoms. The monoisotopic (exact) mass is 274 g/mol. The molecule has 100 valence electrons. The van der Waals surface area contributed by atoms with E-state index in [0.717, 1.165) is 25.3 Å². The third-order valence-corrected chi connectivity index (χ3v) is 3.51. The largest absolute Gasteiger partial charge is 0.352 e. The van der Waals surface area contributed by atoms with Crippen molar-refractivity contribution in [2.45, 2.75) is 18.9 Å². The van der Waals surface area contributed by atoms with Crippen LogP contribution in [0, 0.1) is 5.82 Å². The number of sulfonamides is 1. The van der Waals surface area contributed by atoms with Crippen molar-refractivity contribution in [2.75, 3.05) is 24.2 Å². The molecule has 1 unspecified atom stereocenters. The van der Waals surface area contributed by atoms with Crippen molar-refractivity contribution in [3.05, 3.63) is 18.3 Å². The molecule has 1 aliphatic rings. The van der Waals surface area contributed by atoms with Crippen LogP contribution < -0.4 is 9.62 Å². The van der Waals surface area contributed by atoms with Gasteiger partial charge in [-0.15, -0.1) is 0 Å². The summed E-state index contributed by atoms with van der Waals surface area (Å²) in [6.07, 6.45) is 5.05. The third-order valence-electron chi connectivity index (χ3n) is 2.75. The molecule has 1 N–H and O–H groups in total. The summed E-state index contributed by atoms with van der Waals surface area (Å²) in [4.78, 5) is 9.23. The molecule has 1 atom stereocenters. The number of rotatable bonds is 3. The Bertz CT molecular complexity index is 522. The van der Waals surface area contributed by atoms with E-state index in [0.29, 0.717) is 13.1 Å². The Labute approximate surface area is 105 Å². The Morgan fingerprint density at radius 1 is 1.56 bits per heavy atom. The van der Waals surface area contributed by atoms with Gasteiger partial charge in [-0.1, -0.05) is 0 Å². The van der Waals surface area contributed by atoms with Crippen molar-refractivity contribution in [1.29, 1.82) is 0 Å². The Morgan fingerprint density at radius 3 is 3.00 bits per heavy atom. The minimum absolute atomic E-state index is 0.205. The molecule has 1 aromatic heterocycles. The molecule has 0 aliphatic carbocycles. The first-order valence-electron chi connectivity index (χ1n) is 5.63. The first-order chi connectivity index (χ1) is 8.46. The highest BCUT2D eigenvalue weighted by molar-refractivity contribution is 7.88. The van der Waals surface area contributed by atoms with Gasteiger partial charge < -0.3 is 4.90 Å². The Balaban J connectivity index is 2.10. The highest BCUT2D eigenvalue weighted by Crippen LogP contribution is 2.20. The van der Waals surface area contributed by atoms with Gasteiger partial charge in [-0.2, -0.15) is 0 Å². The summed E-state index contributed by atoms with van der Waals surface area (Å²) in [6.45, 7) is 1.08. The van der Waals surface area contributed by atoms with Gasteiger partial charge in [0.05, 0.1) is 12.5 Å². The summed E-state index contributed by atoms with van der Waals surface area (Å²) in [5.41, 5.74) is 0. The molecule has 6 nitrogen and oxygen atoms in total. The second-order valence-electron chi connectivity index (χ2n) is 4.37. The quantitative estimate of drug-likeness (QED) is 0.848. The summed E-state index contributed by atoms with van der Waals surface area (Å²) in [5.74, 6) is -0.262. The number of anilines is 1. The first kappa shape index (κ1) is 13.2. The summed E-state index contributed by atoms with van der Waals surface area (Å²) in [7, 11) is -3.24. The molecule has 0 amide bonds. The second-order valence-corrected chi connectivity index (χ2v) is 6.15. The number of halogens is 1. The molecule has 1 aromatic rings. The number of aromatic nitrogens is 2. The molecule has 0 radical (unpaired) electrons. The van der Waals surface area contributed by atoms with E-state index in [1.165, 1.54) is 6.33 Å². The predicted molar refractivity (Wildman–Crippen MR) is 65.2 cm³/mol. The van der Waals surface area contributed by atoms with E-state index >= 15 is 0 Å². The van der Waals surface area contributed by atoms with Crippen LogP contribution in [0.25, 0.3) is 0 Å². The van der Waals surface area contributed by atoms with Crippen LogP contribution >= 0.6 is 0 Å². The molecular weight excluding hydrogens is 259 g/mol. The molecule has 0 bridgehead atoms. The van der Waals surface area contributed by atoms with Crippen LogP contribution in [0.2, 0.25) is 0 Å². The molecule has 18 heavy (non-hydrogen) atoms. The summed E-state index contributed by atoms with van der Waals surface area (Å²) < 4.78 is 38.4. The predicted octanol–water partition coefficient (Wildman–Crippen LogP) is 0.134. The highest BCUT2D eigenvalue weighted by Gasteiger charge is 2.24. The molecule has 2 heterocycles. The van der Waals surface area contributed by atoms with E-state index < -0.39 is 15.8 Å². The number of nitrogens with zero attached hydrogens (tertiary/aromatic N) is 3. The maximum Gasteiger partial charge on any atom is 0.209 e. The normalized spacial score (nSPS) is 21.0. The molecule has 1 saturated heterocycles. The summed E-state index contributed by atoms with van der Waals surface area (Å²) in [6, 6.07) is -0.205. The zero-order chi connectivity index (χ0) is 13.2. The second kappa shape index (κ2) is 5.15. The van der Waals surface area contributed by atoms with Gasteiger partial charge in [-0.3, -0.25) is 0 Å². The van der Waals surface area contributed by atoms with Crippen LogP contribution in [0.5, 0.6) is 0 Å². The van der Waals surface area contributed by atoms with Crippen LogP contribution in [0.15, 0.2) is 12.5 Å². The van der Waals surface area contributed by atoms with Gasteiger partial charge in [-0.25, -0.2) is 27.5 Å². The van der Waals surface area contributed by atoms with Crippen LogP contribution in [-0.4, -0.2) is 43.8 Å². The lowest BCUT2D eigenvalue weighted by Gasteiger charge is -2.33. The number of hydrogen-bond donors (Lipinski definition) is 1. The number of piperidine rings is 1. The van der Waals surface area contributed by atoms with E-state index in [2.05, 4.69) is 14.7 Å². The van der Waals surface area contributed by atoms with Crippen LogP contribution in [0.1, 0.15) is 12.8 Å². The van der Waals surface area contributed by atoms with Gasteiger partial charge in [0.1, 0.15) is 6.33 Å². The highest BCUT2D eigenvalue weighted by atomic mass is 32.2. The fourth-order valence-corrected chi connectivity index (χ4v) is 2.91. The number of hydrogen-bond acceptors (Lipinski definition) is 5. The van der Waals surface area contributed by atoms with E-state index in [-0.39, 0.29) is 11.9 Å². The standard InChI is InChI=1S/C10H15FN4O2S/c1-18(16,17)14-8-3-2-4-15(6-8)10-9(11)5-12-7-13-10/h5,7-8,14H,2-4,6H2,1H3. The van der Waals surface area contributed by atoms with Crippen LogP contribution in [0.3, 0.4) is 0 Å². The topological polar surface area (TPSA) is 75.2 Å². The molecule has 1 aliphatic heterocycles. The van der Waals surface area contributed by atoms with Crippen molar-refractivity contribution in [3.63, 3.8) is 0 Å². The Hall–Kier alpha value is -1.28. The van der Waals surface area contributed by atoms with E-state index in [1.54, 1.807) is 4.90 Å². The van der Waals surface area contributed by atoms with Crippen LogP contribution in [-0.2, 0) is 10.0 Å². The minimum atomic E-state index is -3.24. The fraction of sp³-hybridized carbons (Fsp3) is 0.600. The van der Waals surface area contributed by atoms with Gasteiger partial charge in [0.2, 0.25) is 10.0 Å². The lowest BCUT2D eigenvalue weighted by Crippen LogP contribution is -2.48. The van der Waals surface area contributed by atoms with Crippen molar-refractivity contribution in [1.82, 2.24) is 14.7 Å². The minimum Gasteiger partial charge on any atom is -0.352 e. The zero-order valence-corrected chi connectivity index (χ0v) is 10.8. The first-order valence-corrected chi connectivity index (χ1v) is 7.52. The van der Waals surface area contributed by atoms with Crippen molar-refractivity contribution < 1.29 is 12.8 Å². The Morgan fingerprint density at radius 2 is 2.33 bits per heavy atom. The van der Waals surface area contributed by atoms with Gasteiger partial charge in [0.25, 0.3) is 0 Å². The Kier molecular flexibility index (Phi) is 3.76. The maximum absolute atomic E-state index is 13.5. The van der Waals surface area contributed by atoms with Gasteiger partial charge in [-0.05, 0) is 12.8 Å². The third kappa shape index (κ3) is 3.36. The zero-order valence-electron chi connectivity index (χ0n) is 10.0. The molecule has 0 spiro atoms. The molecule has 1 fully saturated rings. The average molecular weight is 274 g/mol. The summed E-state index contributed by atoms with van der Waals surface area (Å²) in [5, 5.41) is 0. The molecule has 2 rings (SSSR count). The molecule has 0 aromatic carbocycles. The molecular formula is C10H15FN4O2S. The van der Waals surface area contributed by atoms with Crippen molar-refractivity contribution >= 4 is 15.8 Å². The SMILES string of the molecule is CS(=O)(=O)NC1CCCN(c2ncncc2F)C1. The van der Waals surface area contributed by atoms with Crippen molar-refractivity contribution in [3.8, 4) is 0 Å².